The Labute approximate surface area is 114 Å². The number of hydrogen-bond donors (Lipinski definition) is 1. The molecule has 1 aliphatic rings. The van der Waals surface area contributed by atoms with Gasteiger partial charge in [-0.15, -0.1) is 0 Å². The minimum absolute atomic E-state index is 0.0971. The lowest BCUT2D eigenvalue weighted by Crippen LogP contribution is -2.17. The molecule has 3 rings (SSSR count). The normalized spacial score (nSPS) is 14.9. The van der Waals surface area contributed by atoms with E-state index >= 15 is 0 Å². The summed E-state index contributed by atoms with van der Waals surface area (Å²) < 4.78 is 2.19. The summed E-state index contributed by atoms with van der Waals surface area (Å²) in [6.07, 6.45) is 6.28. The summed E-state index contributed by atoms with van der Waals surface area (Å²) in [4.78, 5) is 4.32. The zero-order valence-corrected chi connectivity index (χ0v) is 11.9. The zero-order valence-electron chi connectivity index (χ0n) is 11.9. The second-order valence-corrected chi connectivity index (χ2v) is 6.27. The highest BCUT2D eigenvalue weighted by Crippen LogP contribution is 2.28. The lowest BCUT2D eigenvalue weighted by Gasteiger charge is -2.23. The number of fused-ring (bicyclic) bond motifs is 1. The van der Waals surface area contributed by atoms with Gasteiger partial charge >= 0.3 is 0 Å². The van der Waals surface area contributed by atoms with Gasteiger partial charge in [0.05, 0.1) is 6.33 Å². The predicted molar refractivity (Wildman–Crippen MR) is 79.1 cm³/mol. The Morgan fingerprint density at radius 1 is 1.26 bits per heavy atom. The van der Waals surface area contributed by atoms with E-state index in [1.807, 2.05) is 12.5 Å². The van der Waals surface area contributed by atoms with Crippen molar-refractivity contribution in [1.29, 1.82) is 0 Å². The van der Waals surface area contributed by atoms with E-state index in [4.69, 9.17) is 0 Å². The summed E-state index contributed by atoms with van der Waals surface area (Å²) in [5.74, 6) is 0. The van der Waals surface area contributed by atoms with E-state index in [1.54, 1.807) is 0 Å². The molecule has 19 heavy (non-hydrogen) atoms. The third-order valence-electron chi connectivity index (χ3n) is 3.72. The second-order valence-electron chi connectivity index (χ2n) is 6.27. The molecule has 1 N–H and O–H groups in total. The number of aromatic nitrogens is 2. The Morgan fingerprint density at radius 2 is 2.11 bits per heavy atom. The molecule has 1 aromatic carbocycles. The third-order valence-corrected chi connectivity index (χ3v) is 3.72. The summed E-state index contributed by atoms with van der Waals surface area (Å²) in [5, 5.41) is 3.49. The minimum atomic E-state index is 0.0971. The molecule has 3 heteroatoms. The fraction of sp³-hybridized carbons (Fsp3) is 0.438. The Balaban J connectivity index is 2.06. The molecule has 0 spiro atoms. The van der Waals surface area contributed by atoms with Crippen LogP contribution in [0.4, 0.5) is 5.69 Å². The van der Waals surface area contributed by atoms with Crippen LogP contribution in [0.3, 0.4) is 0 Å². The summed E-state index contributed by atoms with van der Waals surface area (Å²) in [5.41, 5.74) is 5.23. The average Bonchev–Trinajstić information content (AvgIpc) is 2.87. The van der Waals surface area contributed by atoms with E-state index < -0.39 is 0 Å². The molecular formula is C16H21N3. The first-order chi connectivity index (χ1) is 9.05. The van der Waals surface area contributed by atoms with Gasteiger partial charge in [-0.05, 0) is 30.5 Å². The van der Waals surface area contributed by atoms with E-state index in [1.165, 1.54) is 35.5 Å². The van der Waals surface area contributed by atoms with Crippen LogP contribution in [0.15, 0.2) is 30.7 Å². The Morgan fingerprint density at radius 3 is 2.89 bits per heavy atom. The highest BCUT2D eigenvalue weighted by atomic mass is 15.1. The van der Waals surface area contributed by atoms with Crippen molar-refractivity contribution in [1.82, 2.24) is 9.55 Å². The summed E-state index contributed by atoms with van der Waals surface area (Å²) in [7, 11) is 0. The summed E-state index contributed by atoms with van der Waals surface area (Å²) in [6.45, 7) is 7.73. The molecule has 0 atom stereocenters. The second kappa shape index (κ2) is 4.41. The lowest BCUT2D eigenvalue weighted by atomic mass is 9.92. The van der Waals surface area contributed by atoms with Crippen LogP contribution in [0.2, 0.25) is 0 Å². The van der Waals surface area contributed by atoms with Gasteiger partial charge < -0.3 is 9.88 Å². The Kier molecular flexibility index (Phi) is 2.85. The van der Waals surface area contributed by atoms with Gasteiger partial charge in [-0.2, -0.15) is 0 Å². The van der Waals surface area contributed by atoms with Gasteiger partial charge in [0.2, 0.25) is 0 Å². The number of nitrogens with zero attached hydrogens (tertiary/aromatic N) is 2. The Hall–Kier alpha value is -1.77. The van der Waals surface area contributed by atoms with Crippen molar-refractivity contribution in [3.05, 3.63) is 42.0 Å². The quantitative estimate of drug-likeness (QED) is 0.845. The van der Waals surface area contributed by atoms with Crippen molar-refractivity contribution < 1.29 is 0 Å². The van der Waals surface area contributed by atoms with Crippen molar-refractivity contribution >= 4 is 5.69 Å². The molecule has 1 aliphatic heterocycles. The fourth-order valence-electron chi connectivity index (χ4n) is 2.65. The first kappa shape index (κ1) is 12.3. The van der Waals surface area contributed by atoms with Crippen molar-refractivity contribution in [2.45, 2.75) is 39.0 Å². The highest BCUT2D eigenvalue weighted by molar-refractivity contribution is 5.59. The molecule has 100 valence electrons. The van der Waals surface area contributed by atoms with Crippen LogP contribution in [0.5, 0.6) is 0 Å². The van der Waals surface area contributed by atoms with E-state index in [-0.39, 0.29) is 5.41 Å². The topological polar surface area (TPSA) is 29.9 Å². The van der Waals surface area contributed by atoms with Crippen LogP contribution in [0.25, 0.3) is 5.69 Å². The van der Waals surface area contributed by atoms with Crippen LogP contribution < -0.4 is 5.32 Å². The highest BCUT2D eigenvalue weighted by Gasteiger charge is 2.20. The number of aryl methyl sites for hydroxylation is 1. The van der Waals surface area contributed by atoms with Gasteiger partial charge in [-0.25, -0.2) is 4.98 Å². The van der Waals surface area contributed by atoms with Gasteiger partial charge in [-0.1, -0.05) is 26.8 Å². The average molecular weight is 255 g/mol. The summed E-state index contributed by atoms with van der Waals surface area (Å²) >= 11 is 0. The lowest BCUT2D eigenvalue weighted by molar-refractivity contribution is 0.556. The van der Waals surface area contributed by atoms with Crippen LogP contribution in [-0.4, -0.2) is 16.1 Å². The van der Waals surface area contributed by atoms with Crippen molar-refractivity contribution in [2.24, 2.45) is 0 Å². The number of rotatable bonds is 1. The predicted octanol–water partition coefficient (Wildman–Crippen LogP) is 3.53. The number of anilines is 1. The van der Waals surface area contributed by atoms with E-state index in [9.17, 15) is 0 Å². The molecule has 0 bridgehead atoms. The van der Waals surface area contributed by atoms with Crippen LogP contribution in [0, 0.1) is 0 Å². The van der Waals surface area contributed by atoms with Crippen molar-refractivity contribution in [3.63, 3.8) is 0 Å². The number of imidazole rings is 1. The minimum Gasteiger partial charge on any atom is -0.385 e. The number of nitrogens with one attached hydrogen (secondary N) is 1. The molecule has 0 saturated carbocycles. The van der Waals surface area contributed by atoms with Gasteiger partial charge in [-0.3, -0.25) is 0 Å². The maximum Gasteiger partial charge on any atom is 0.0994 e. The molecule has 3 nitrogen and oxygen atoms in total. The number of benzene rings is 1. The smallest absolute Gasteiger partial charge is 0.0994 e. The van der Waals surface area contributed by atoms with Gasteiger partial charge in [0.25, 0.3) is 0 Å². The monoisotopic (exact) mass is 255 g/mol. The van der Waals surface area contributed by atoms with Gasteiger partial charge in [0, 0.05) is 35.2 Å². The molecule has 0 amide bonds. The first-order valence-electron chi connectivity index (χ1n) is 6.96. The molecule has 0 radical (unpaired) electrons. The largest absolute Gasteiger partial charge is 0.385 e. The Bertz CT molecular complexity index is 590. The SMILES string of the molecule is CC(C)(C)c1cncn1-c1ccc2c(c1)NCCC2. The van der Waals surface area contributed by atoms with Crippen molar-refractivity contribution in [2.75, 3.05) is 11.9 Å². The molecule has 0 saturated heterocycles. The molecule has 2 heterocycles. The summed E-state index contributed by atoms with van der Waals surface area (Å²) in [6, 6.07) is 6.68. The number of hydrogen-bond acceptors (Lipinski definition) is 2. The molecule has 0 aliphatic carbocycles. The van der Waals surface area contributed by atoms with Crippen LogP contribution in [0.1, 0.15) is 38.4 Å². The van der Waals surface area contributed by atoms with Crippen molar-refractivity contribution in [3.8, 4) is 5.69 Å². The molecule has 0 fully saturated rings. The van der Waals surface area contributed by atoms with E-state index in [0.29, 0.717) is 0 Å². The van der Waals surface area contributed by atoms with Gasteiger partial charge in [0.1, 0.15) is 0 Å². The van der Waals surface area contributed by atoms with Crippen LogP contribution >= 0.6 is 0 Å². The van der Waals surface area contributed by atoms with E-state index in [2.05, 4.69) is 53.8 Å². The maximum atomic E-state index is 4.32. The molecule has 0 unspecified atom stereocenters. The third kappa shape index (κ3) is 2.25. The standard InChI is InChI=1S/C16H21N3/c1-16(2,3)15-10-17-11-19(15)13-7-6-12-5-4-8-18-14(12)9-13/h6-7,9-11,18H,4-5,8H2,1-3H3. The van der Waals surface area contributed by atoms with Gasteiger partial charge in [0.15, 0.2) is 0 Å². The first-order valence-corrected chi connectivity index (χ1v) is 6.96. The maximum absolute atomic E-state index is 4.32. The fourth-order valence-corrected chi connectivity index (χ4v) is 2.65. The van der Waals surface area contributed by atoms with E-state index in [0.717, 1.165) is 6.54 Å². The molecule has 1 aromatic heterocycles. The molecule has 2 aromatic rings. The van der Waals surface area contributed by atoms with Crippen LogP contribution in [-0.2, 0) is 11.8 Å². The molecular weight excluding hydrogens is 234 g/mol. The zero-order chi connectivity index (χ0) is 13.5.